The van der Waals surface area contributed by atoms with Gasteiger partial charge in [-0.3, -0.25) is 0 Å². The van der Waals surface area contributed by atoms with E-state index in [0.29, 0.717) is 10.7 Å². The lowest BCUT2D eigenvalue weighted by Crippen LogP contribution is -2.58. The molecule has 98 valence electrons. The van der Waals surface area contributed by atoms with E-state index in [9.17, 15) is 23.4 Å². The summed E-state index contributed by atoms with van der Waals surface area (Å²) in [6.45, 7) is 2.49. The van der Waals surface area contributed by atoms with Crippen molar-refractivity contribution in [2.75, 3.05) is 0 Å². The third-order valence-electron chi connectivity index (χ3n) is 2.12. The molecular formula is C8H11BrF3N3O2. The summed E-state index contributed by atoms with van der Waals surface area (Å²) >= 11 is 2.76. The van der Waals surface area contributed by atoms with E-state index in [0.717, 1.165) is 0 Å². The van der Waals surface area contributed by atoms with E-state index < -0.39 is 23.3 Å². The maximum Gasteiger partial charge on any atom is 0.435 e. The third kappa shape index (κ3) is 2.62. The molecule has 0 aromatic carbocycles. The average Bonchev–Trinajstić information content (AvgIpc) is 2.44. The summed E-state index contributed by atoms with van der Waals surface area (Å²) in [7, 11) is 0. The molecular weight excluding hydrogens is 307 g/mol. The molecule has 0 amide bonds. The van der Waals surface area contributed by atoms with E-state index in [-0.39, 0.29) is 4.60 Å². The first kappa shape index (κ1) is 14.4. The van der Waals surface area contributed by atoms with Crippen LogP contribution in [-0.4, -0.2) is 25.5 Å². The molecule has 0 unspecified atom stereocenters. The average molecular weight is 318 g/mol. The van der Waals surface area contributed by atoms with Crippen LogP contribution in [0.2, 0.25) is 0 Å². The molecule has 4 N–H and O–H groups in total. The fourth-order valence-electron chi connectivity index (χ4n) is 0.988. The Morgan fingerprint density at radius 3 is 2.12 bits per heavy atom. The number of rotatable bonds is 2. The zero-order valence-electron chi connectivity index (χ0n) is 8.96. The summed E-state index contributed by atoms with van der Waals surface area (Å²) in [5.74, 6) is -2.75. The van der Waals surface area contributed by atoms with Gasteiger partial charge >= 0.3 is 6.18 Å². The third-order valence-corrected chi connectivity index (χ3v) is 2.68. The van der Waals surface area contributed by atoms with Gasteiger partial charge in [-0.15, -0.1) is 0 Å². The number of nitrogens with two attached hydrogens (primary N) is 1. The molecule has 0 aliphatic carbocycles. The highest BCUT2D eigenvalue weighted by atomic mass is 79.9. The maximum atomic E-state index is 12.4. The number of hydrogen-bond donors (Lipinski definition) is 3. The van der Waals surface area contributed by atoms with Gasteiger partial charge in [0.1, 0.15) is 4.60 Å². The van der Waals surface area contributed by atoms with E-state index in [4.69, 9.17) is 5.73 Å². The number of nitrogens with zero attached hydrogens (tertiary/aromatic N) is 2. The molecule has 0 radical (unpaired) electrons. The molecule has 0 fully saturated rings. The Kier molecular flexibility index (Phi) is 3.34. The molecule has 17 heavy (non-hydrogen) atoms. The Morgan fingerprint density at radius 1 is 1.35 bits per heavy atom. The van der Waals surface area contributed by atoms with Crippen LogP contribution < -0.4 is 5.73 Å². The fraction of sp³-hybridized carbons (Fsp3) is 0.625. The zero-order chi connectivity index (χ0) is 13.6. The number of hydrogen-bond acceptors (Lipinski definition) is 4. The van der Waals surface area contributed by atoms with Gasteiger partial charge in [-0.25, -0.2) is 4.68 Å². The molecule has 0 spiro atoms. The second-order valence-electron chi connectivity index (χ2n) is 4.12. The van der Waals surface area contributed by atoms with Crippen LogP contribution in [0.3, 0.4) is 0 Å². The van der Waals surface area contributed by atoms with Crippen molar-refractivity contribution in [2.45, 2.75) is 31.5 Å². The number of aliphatic hydroxyl groups is 2. The van der Waals surface area contributed by atoms with Gasteiger partial charge in [-0.1, -0.05) is 0 Å². The largest absolute Gasteiger partial charge is 0.435 e. The summed E-state index contributed by atoms with van der Waals surface area (Å²) in [4.78, 5) is 0. The summed E-state index contributed by atoms with van der Waals surface area (Å²) in [5.41, 5.74) is 2.61. The predicted octanol–water partition coefficient (Wildman–Crippen LogP) is 0.997. The summed E-state index contributed by atoms with van der Waals surface area (Å²) in [6.07, 6.45) is -4.68. The second-order valence-corrected chi connectivity index (χ2v) is 4.93. The first-order valence-electron chi connectivity index (χ1n) is 4.44. The molecule has 0 bridgehead atoms. The smallest absolute Gasteiger partial charge is 0.346 e. The van der Waals surface area contributed by atoms with Crippen LogP contribution in [0.1, 0.15) is 19.5 Å². The standard InChI is InChI=1S/C8H11BrF3N3O2/c1-6(2,13)8(16,17)15-5(9)3-4(14-15)7(10,11)12/h3,16-17H,13H2,1-2H3. The highest BCUT2D eigenvalue weighted by Crippen LogP contribution is 2.33. The number of alkyl halides is 3. The van der Waals surface area contributed by atoms with E-state index in [1.807, 2.05) is 0 Å². The van der Waals surface area contributed by atoms with Crippen LogP contribution in [0.25, 0.3) is 0 Å². The molecule has 0 aliphatic rings. The Hall–Kier alpha value is -0.640. The van der Waals surface area contributed by atoms with Gasteiger partial charge in [0.05, 0.1) is 5.54 Å². The van der Waals surface area contributed by atoms with E-state index in [1.165, 1.54) is 13.8 Å². The monoisotopic (exact) mass is 317 g/mol. The van der Waals surface area contributed by atoms with Crippen molar-refractivity contribution >= 4 is 15.9 Å². The van der Waals surface area contributed by atoms with Crippen molar-refractivity contribution in [2.24, 2.45) is 5.73 Å². The van der Waals surface area contributed by atoms with Crippen LogP contribution in [0.15, 0.2) is 10.7 Å². The van der Waals surface area contributed by atoms with Crippen LogP contribution >= 0.6 is 15.9 Å². The van der Waals surface area contributed by atoms with Crippen LogP contribution in [-0.2, 0) is 12.1 Å². The molecule has 0 saturated carbocycles. The minimum Gasteiger partial charge on any atom is -0.346 e. The van der Waals surface area contributed by atoms with Gasteiger partial charge in [-0.05, 0) is 29.8 Å². The lowest BCUT2D eigenvalue weighted by molar-refractivity contribution is -0.275. The predicted molar refractivity (Wildman–Crippen MR) is 55.6 cm³/mol. The highest BCUT2D eigenvalue weighted by Gasteiger charge is 2.45. The molecule has 1 heterocycles. The Balaban J connectivity index is 3.30. The molecule has 0 saturated heterocycles. The zero-order valence-corrected chi connectivity index (χ0v) is 10.5. The topological polar surface area (TPSA) is 84.3 Å². The second kappa shape index (κ2) is 3.94. The number of halogens is 4. The van der Waals surface area contributed by atoms with E-state index in [1.54, 1.807) is 0 Å². The van der Waals surface area contributed by atoms with Gasteiger partial charge in [0.25, 0.3) is 5.91 Å². The van der Waals surface area contributed by atoms with E-state index >= 15 is 0 Å². The minimum atomic E-state index is -4.68. The highest BCUT2D eigenvalue weighted by molar-refractivity contribution is 9.10. The van der Waals surface area contributed by atoms with Crippen molar-refractivity contribution in [3.63, 3.8) is 0 Å². The van der Waals surface area contributed by atoms with Crippen LogP contribution in [0.4, 0.5) is 13.2 Å². The number of aromatic nitrogens is 2. The summed E-state index contributed by atoms with van der Waals surface area (Å²) < 4.78 is 37.3. The van der Waals surface area contributed by atoms with Crippen LogP contribution in [0.5, 0.6) is 0 Å². The molecule has 1 aromatic heterocycles. The maximum absolute atomic E-state index is 12.4. The molecule has 0 aliphatic heterocycles. The van der Waals surface area contributed by atoms with Gasteiger partial charge in [0, 0.05) is 6.07 Å². The Bertz CT molecular complexity index is 423. The Morgan fingerprint density at radius 2 is 1.82 bits per heavy atom. The van der Waals surface area contributed by atoms with Crippen molar-refractivity contribution in [3.8, 4) is 0 Å². The first-order valence-corrected chi connectivity index (χ1v) is 5.23. The van der Waals surface area contributed by atoms with Crippen molar-refractivity contribution in [3.05, 3.63) is 16.4 Å². The van der Waals surface area contributed by atoms with Gasteiger partial charge in [-0.2, -0.15) is 18.3 Å². The SMILES string of the molecule is CC(C)(N)C(O)(O)n1nc(C(F)(F)F)cc1Br. The molecule has 1 aromatic rings. The van der Waals surface area contributed by atoms with Crippen molar-refractivity contribution < 1.29 is 23.4 Å². The Labute approximate surface area is 103 Å². The summed E-state index contributed by atoms with van der Waals surface area (Å²) in [6, 6.07) is 0.632. The molecule has 9 heteroatoms. The fourth-order valence-corrected chi connectivity index (χ4v) is 1.53. The normalized spacial score (nSPS) is 14.2. The van der Waals surface area contributed by atoms with Crippen LogP contribution in [0, 0.1) is 0 Å². The molecule has 0 atom stereocenters. The van der Waals surface area contributed by atoms with E-state index in [2.05, 4.69) is 21.0 Å². The molecule has 1 rings (SSSR count). The van der Waals surface area contributed by atoms with Crippen molar-refractivity contribution in [1.29, 1.82) is 0 Å². The lowest BCUT2D eigenvalue weighted by atomic mass is 10.0. The van der Waals surface area contributed by atoms with Gasteiger partial charge in [0.15, 0.2) is 5.69 Å². The lowest BCUT2D eigenvalue weighted by Gasteiger charge is -2.34. The minimum absolute atomic E-state index is 0.242. The van der Waals surface area contributed by atoms with Gasteiger partial charge < -0.3 is 15.9 Å². The quantitative estimate of drug-likeness (QED) is 0.710. The van der Waals surface area contributed by atoms with Crippen molar-refractivity contribution in [1.82, 2.24) is 9.78 Å². The van der Waals surface area contributed by atoms with Gasteiger partial charge in [0.2, 0.25) is 0 Å². The first-order chi connectivity index (χ1) is 7.37. The summed E-state index contributed by atoms with van der Waals surface area (Å²) in [5, 5.41) is 22.5. The molecule has 5 nitrogen and oxygen atoms in total.